The first-order chi connectivity index (χ1) is 14.8. The lowest BCUT2D eigenvalue weighted by Crippen LogP contribution is -2.22. The van der Waals surface area contributed by atoms with Crippen LogP contribution in [0, 0.1) is 0 Å². The van der Waals surface area contributed by atoms with Crippen LogP contribution in [0.5, 0.6) is 0 Å². The van der Waals surface area contributed by atoms with Crippen LogP contribution in [0.25, 0.3) is 39.1 Å². The predicted molar refractivity (Wildman–Crippen MR) is 112 cm³/mol. The Morgan fingerprint density at radius 2 is 1.87 bits per heavy atom. The van der Waals surface area contributed by atoms with Crippen LogP contribution in [0.4, 0.5) is 0 Å². The van der Waals surface area contributed by atoms with Gasteiger partial charge in [-0.05, 0) is 59.0 Å². The maximum atomic E-state index is 12.9. The lowest BCUT2D eigenvalue weighted by atomic mass is 10.1. The van der Waals surface area contributed by atoms with E-state index in [4.69, 9.17) is 4.42 Å². The summed E-state index contributed by atoms with van der Waals surface area (Å²) in [7, 11) is 0. The van der Waals surface area contributed by atoms with Crippen molar-refractivity contribution in [1.82, 2.24) is 29.6 Å². The van der Waals surface area contributed by atoms with E-state index in [9.17, 15) is 4.79 Å². The van der Waals surface area contributed by atoms with E-state index in [1.165, 1.54) is 17.7 Å². The molecule has 144 valence electrons. The Hall–Kier alpha value is -4.11. The van der Waals surface area contributed by atoms with Crippen molar-refractivity contribution in [3.8, 4) is 17.0 Å². The van der Waals surface area contributed by atoms with Gasteiger partial charge < -0.3 is 4.42 Å². The lowest BCUT2D eigenvalue weighted by Gasteiger charge is -2.00. The average Bonchev–Trinajstić information content (AvgIpc) is 3.55. The molecule has 9 heteroatoms. The molecule has 0 unspecified atom stereocenters. The van der Waals surface area contributed by atoms with E-state index < -0.39 is 0 Å². The van der Waals surface area contributed by atoms with E-state index in [1.807, 2.05) is 60.7 Å². The third kappa shape index (κ3) is 2.64. The van der Waals surface area contributed by atoms with Crippen molar-refractivity contribution in [2.45, 2.75) is 0 Å². The monoisotopic (exact) mass is 412 g/mol. The highest BCUT2D eigenvalue weighted by Crippen LogP contribution is 2.24. The zero-order valence-electron chi connectivity index (χ0n) is 15.3. The largest absolute Gasteiger partial charge is 0.457 e. The van der Waals surface area contributed by atoms with Crippen molar-refractivity contribution < 1.29 is 4.42 Å². The zero-order valence-corrected chi connectivity index (χ0v) is 16.2. The second-order valence-electron chi connectivity index (χ2n) is 6.64. The number of fused-ring (bicyclic) bond motifs is 3. The SMILES string of the molecule is O=c1c(=Cc2ccc(-c3ccc(-n4cnnn4)cc3)o2)sc2nc3ccccc3n12. The number of tetrazole rings is 1. The van der Waals surface area contributed by atoms with Gasteiger partial charge in [0.05, 0.1) is 16.7 Å². The van der Waals surface area contributed by atoms with Crippen molar-refractivity contribution in [2.75, 3.05) is 0 Å². The molecule has 4 heterocycles. The van der Waals surface area contributed by atoms with Gasteiger partial charge in [-0.1, -0.05) is 23.5 Å². The van der Waals surface area contributed by atoms with Crippen LogP contribution in [-0.2, 0) is 0 Å². The van der Waals surface area contributed by atoms with Crippen molar-refractivity contribution in [1.29, 1.82) is 0 Å². The first-order valence-corrected chi connectivity index (χ1v) is 9.93. The van der Waals surface area contributed by atoms with Crippen LogP contribution in [0.1, 0.15) is 5.76 Å². The minimum Gasteiger partial charge on any atom is -0.457 e. The fourth-order valence-electron chi connectivity index (χ4n) is 3.38. The molecular formula is C21H12N6O2S. The molecule has 6 aromatic rings. The summed E-state index contributed by atoms with van der Waals surface area (Å²) in [5.41, 5.74) is 3.31. The zero-order chi connectivity index (χ0) is 20.1. The normalized spacial score (nSPS) is 12.3. The third-order valence-corrected chi connectivity index (χ3v) is 5.78. The summed E-state index contributed by atoms with van der Waals surface area (Å²) >= 11 is 1.35. The van der Waals surface area contributed by atoms with Gasteiger partial charge in [0.15, 0.2) is 4.96 Å². The van der Waals surface area contributed by atoms with Crippen LogP contribution in [0.15, 0.2) is 76.2 Å². The summed E-state index contributed by atoms with van der Waals surface area (Å²) < 4.78 is 9.76. The molecule has 0 bridgehead atoms. The number of benzene rings is 2. The Bertz CT molecular complexity index is 1610. The first-order valence-electron chi connectivity index (χ1n) is 9.12. The van der Waals surface area contributed by atoms with Crippen LogP contribution in [0.2, 0.25) is 0 Å². The van der Waals surface area contributed by atoms with E-state index >= 15 is 0 Å². The Kier molecular flexibility index (Phi) is 3.62. The molecular weight excluding hydrogens is 400 g/mol. The Morgan fingerprint density at radius 1 is 1.00 bits per heavy atom. The minimum atomic E-state index is -0.0903. The van der Waals surface area contributed by atoms with Crippen LogP contribution in [0.3, 0.4) is 0 Å². The fourth-order valence-corrected chi connectivity index (χ4v) is 4.35. The lowest BCUT2D eigenvalue weighted by molar-refractivity contribution is 0.571. The topological polar surface area (TPSA) is 91.1 Å². The van der Waals surface area contributed by atoms with Crippen molar-refractivity contribution in [3.63, 3.8) is 0 Å². The molecule has 8 nitrogen and oxygen atoms in total. The molecule has 0 aliphatic heterocycles. The maximum Gasteiger partial charge on any atom is 0.275 e. The van der Waals surface area contributed by atoms with Gasteiger partial charge in [0.2, 0.25) is 0 Å². The summed E-state index contributed by atoms with van der Waals surface area (Å²) in [5, 5.41) is 11.1. The number of furan rings is 1. The maximum absolute atomic E-state index is 12.9. The van der Waals surface area contributed by atoms with Gasteiger partial charge >= 0.3 is 0 Å². The molecule has 6 rings (SSSR count). The Balaban J connectivity index is 1.37. The average molecular weight is 412 g/mol. The summed E-state index contributed by atoms with van der Waals surface area (Å²) in [6, 6.07) is 19.0. The molecule has 0 spiro atoms. The standard InChI is InChI=1S/C21H12N6O2S/c28-20-19(30-21-23-16-3-1-2-4-17(16)27(20)21)11-15-9-10-18(29-15)13-5-7-14(8-6-13)26-12-22-24-25-26/h1-12H. The highest BCUT2D eigenvalue weighted by atomic mass is 32.1. The number of hydrogen-bond acceptors (Lipinski definition) is 7. The molecule has 0 fully saturated rings. The van der Waals surface area contributed by atoms with E-state index in [1.54, 1.807) is 15.2 Å². The fraction of sp³-hybridized carbons (Fsp3) is 0. The van der Waals surface area contributed by atoms with Gasteiger partial charge in [0, 0.05) is 11.6 Å². The number of imidazole rings is 1. The molecule has 0 amide bonds. The smallest absolute Gasteiger partial charge is 0.275 e. The number of nitrogens with zero attached hydrogens (tertiary/aromatic N) is 6. The van der Waals surface area contributed by atoms with Crippen LogP contribution < -0.4 is 10.1 Å². The van der Waals surface area contributed by atoms with Crippen molar-refractivity contribution in [2.24, 2.45) is 0 Å². The van der Waals surface area contributed by atoms with E-state index in [-0.39, 0.29) is 5.56 Å². The minimum absolute atomic E-state index is 0.0903. The van der Waals surface area contributed by atoms with Crippen LogP contribution >= 0.6 is 11.3 Å². The second-order valence-corrected chi connectivity index (χ2v) is 7.65. The van der Waals surface area contributed by atoms with E-state index in [2.05, 4.69) is 20.5 Å². The molecule has 0 N–H and O–H groups in total. The van der Waals surface area contributed by atoms with Gasteiger partial charge in [0.1, 0.15) is 22.4 Å². The molecule has 0 saturated heterocycles. The van der Waals surface area contributed by atoms with Crippen LogP contribution in [-0.4, -0.2) is 29.6 Å². The number of rotatable bonds is 3. The highest BCUT2D eigenvalue weighted by molar-refractivity contribution is 7.15. The molecule has 0 aliphatic rings. The molecule has 0 atom stereocenters. The first kappa shape index (κ1) is 16.8. The molecule has 30 heavy (non-hydrogen) atoms. The third-order valence-electron chi connectivity index (χ3n) is 4.81. The molecule has 0 aliphatic carbocycles. The molecule has 4 aromatic heterocycles. The highest BCUT2D eigenvalue weighted by Gasteiger charge is 2.11. The summed E-state index contributed by atoms with van der Waals surface area (Å²) in [6.07, 6.45) is 3.30. The Labute approximate surface area is 172 Å². The van der Waals surface area contributed by atoms with Gasteiger partial charge in [-0.15, -0.1) is 5.10 Å². The predicted octanol–water partition coefficient (Wildman–Crippen LogP) is 2.69. The molecule has 2 aromatic carbocycles. The van der Waals surface area contributed by atoms with Crippen molar-refractivity contribution >= 4 is 33.4 Å². The quantitative estimate of drug-likeness (QED) is 0.444. The van der Waals surface area contributed by atoms with Gasteiger partial charge in [-0.2, -0.15) is 0 Å². The molecule has 0 radical (unpaired) electrons. The number of hydrogen-bond donors (Lipinski definition) is 0. The number of aromatic nitrogens is 6. The summed E-state index contributed by atoms with van der Waals surface area (Å²) in [6.45, 7) is 0. The van der Waals surface area contributed by atoms with Crippen molar-refractivity contribution in [3.05, 3.63) is 87.6 Å². The summed E-state index contributed by atoms with van der Waals surface area (Å²) in [5.74, 6) is 1.32. The number of para-hydroxylation sites is 2. The van der Waals surface area contributed by atoms with E-state index in [0.29, 0.717) is 21.0 Å². The van der Waals surface area contributed by atoms with Gasteiger partial charge in [-0.25, -0.2) is 14.1 Å². The van der Waals surface area contributed by atoms with Gasteiger partial charge in [-0.3, -0.25) is 4.79 Å². The Morgan fingerprint density at radius 3 is 2.70 bits per heavy atom. The van der Waals surface area contributed by atoms with E-state index in [0.717, 1.165) is 22.3 Å². The molecule has 0 saturated carbocycles. The summed E-state index contributed by atoms with van der Waals surface area (Å²) in [4.78, 5) is 18.1. The second kappa shape index (κ2) is 6.46. The number of thiazole rings is 1. The van der Waals surface area contributed by atoms with Gasteiger partial charge in [0.25, 0.3) is 5.56 Å².